The van der Waals surface area contributed by atoms with Crippen LogP contribution in [0.5, 0.6) is 0 Å². The Balaban J connectivity index is 1.65. The van der Waals surface area contributed by atoms with E-state index in [9.17, 15) is 17.6 Å². The third-order valence-electron chi connectivity index (χ3n) is 6.33. The molecule has 178 valence electrons. The fourth-order valence-corrected chi connectivity index (χ4v) is 7.81. The van der Waals surface area contributed by atoms with E-state index in [1.165, 1.54) is 16.7 Å². The van der Waals surface area contributed by atoms with Crippen LogP contribution in [-0.2, 0) is 10.0 Å². The third kappa shape index (κ3) is 5.12. The van der Waals surface area contributed by atoms with Gasteiger partial charge in [-0.2, -0.15) is 4.98 Å². The van der Waals surface area contributed by atoms with E-state index in [-0.39, 0.29) is 23.3 Å². The second-order valence-electron chi connectivity index (χ2n) is 8.73. The van der Waals surface area contributed by atoms with Gasteiger partial charge in [-0.15, -0.1) is 23.1 Å². The molecule has 3 aliphatic rings. The second-order valence-corrected chi connectivity index (χ2v) is 12.9. The number of halogens is 1. The number of nitrogens with one attached hydrogen (secondary N) is 1. The highest BCUT2D eigenvalue weighted by Gasteiger charge is 2.28. The number of thioether (sulfide) groups is 1. The molecule has 0 unspecified atom stereocenters. The summed E-state index contributed by atoms with van der Waals surface area (Å²) in [5.41, 5.74) is 1.72. The maximum absolute atomic E-state index is 13.0. The summed E-state index contributed by atoms with van der Waals surface area (Å²) in [5, 5.41) is 0. The molecule has 0 atom stereocenters. The van der Waals surface area contributed by atoms with Gasteiger partial charge in [0.05, 0.1) is 15.8 Å². The van der Waals surface area contributed by atoms with Gasteiger partial charge in [-0.05, 0) is 70.4 Å². The molecule has 1 aromatic rings. The second kappa shape index (κ2) is 9.76. The van der Waals surface area contributed by atoms with E-state index in [4.69, 9.17) is 0 Å². The zero-order valence-corrected chi connectivity index (χ0v) is 21.4. The van der Waals surface area contributed by atoms with E-state index in [1.54, 1.807) is 35.2 Å². The number of alkyl halides is 1. The molecule has 0 aromatic heterocycles. The Labute approximate surface area is 202 Å². The molecule has 1 aromatic carbocycles. The standard InChI is InChI=1S/C23H28FN3O3S3/c1-14-4-10-19(11-5-14)33(29,30)26-21-20-22(31-13-18-8-6-17(12-24)7-9-18)32-16(3)15(2)27(20)23(28)25-21/h4-5,10-11,17-18H,6-9,12-13H2,1-3H3,(H,25,26,28). The van der Waals surface area contributed by atoms with Crippen molar-refractivity contribution in [2.75, 3.05) is 17.1 Å². The molecule has 33 heavy (non-hydrogen) atoms. The number of rotatable bonds is 7. The average Bonchev–Trinajstić information content (AvgIpc) is 3.11. The Hall–Kier alpha value is -1.91. The van der Waals surface area contributed by atoms with Gasteiger partial charge < -0.3 is 0 Å². The lowest BCUT2D eigenvalue weighted by molar-refractivity contribution is 0.243. The number of imidazole rings is 1. The fourth-order valence-electron chi connectivity index (χ4n) is 4.14. The quantitative estimate of drug-likeness (QED) is 0.436. The monoisotopic (exact) mass is 509 g/mol. The largest absolute Gasteiger partial charge is 0.354 e. The van der Waals surface area contributed by atoms with Crippen LogP contribution in [0.1, 0.15) is 41.8 Å². The van der Waals surface area contributed by atoms with Gasteiger partial charge in [0.25, 0.3) is 10.0 Å². The molecule has 1 aliphatic carbocycles. The lowest BCUT2D eigenvalue weighted by Gasteiger charge is -2.26. The first-order chi connectivity index (χ1) is 15.7. The van der Waals surface area contributed by atoms with Crippen LogP contribution in [-0.4, -0.2) is 30.4 Å². The molecule has 1 fully saturated rings. The Morgan fingerprint density at radius 2 is 1.76 bits per heavy atom. The van der Waals surface area contributed by atoms with Crippen molar-refractivity contribution in [3.05, 3.63) is 50.9 Å². The van der Waals surface area contributed by atoms with Crippen molar-refractivity contribution in [1.82, 2.24) is 9.55 Å². The van der Waals surface area contributed by atoms with Crippen molar-refractivity contribution >= 4 is 38.9 Å². The van der Waals surface area contributed by atoms with Gasteiger partial charge in [-0.1, -0.05) is 17.7 Å². The number of aryl methyl sites for hydroxylation is 2. The first-order valence-electron chi connectivity index (χ1n) is 11.0. The topological polar surface area (TPSA) is 81.1 Å². The summed E-state index contributed by atoms with van der Waals surface area (Å²) in [6, 6.07) is 6.53. The van der Waals surface area contributed by atoms with E-state index in [0.29, 0.717) is 11.6 Å². The zero-order chi connectivity index (χ0) is 23.8. The summed E-state index contributed by atoms with van der Waals surface area (Å²) in [6.45, 7) is 5.43. The molecule has 0 amide bonds. The first kappa shape index (κ1) is 24.2. The van der Waals surface area contributed by atoms with Crippen molar-refractivity contribution in [3.8, 4) is 5.69 Å². The molecule has 10 heteroatoms. The number of nitrogens with zero attached hydrogens (tertiary/aromatic N) is 2. The normalized spacial score (nSPS) is 19.2. The predicted octanol–water partition coefficient (Wildman–Crippen LogP) is 5.33. The molecule has 2 aliphatic heterocycles. The number of hydrogen-bond donors (Lipinski definition) is 1. The summed E-state index contributed by atoms with van der Waals surface area (Å²) >= 11 is 3.18. The summed E-state index contributed by atoms with van der Waals surface area (Å²) in [4.78, 5) is 17.9. The third-order valence-corrected chi connectivity index (χ3v) is 10.4. The highest BCUT2D eigenvalue weighted by molar-refractivity contribution is 8.01. The number of benzene rings is 1. The smallest absolute Gasteiger partial charge is 0.261 e. The predicted molar refractivity (Wildman–Crippen MR) is 133 cm³/mol. The van der Waals surface area contributed by atoms with Crippen molar-refractivity contribution in [3.63, 3.8) is 0 Å². The Morgan fingerprint density at radius 1 is 1.12 bits per heavy atom. The summed E-state index contributed by atoms with van der Waals surface area (Å²) in [7, 11) is -3.90. The summed E-state index contributed by atoms with van der Waals surface area (Å²) in [6.07, 6.45) is 3.80. The fraction of sp³-hybridized carbons (Fsp3) is 0.478. The van der Waals surface area contributed by atoms with Crippen LogP contribution in [0.3, 0.4) is 0 Å². The zero-order valence-electron chi connectivity index (χ0n) is 18.9. The highest BCUT2D eigenvalue weighted by atomic mass is 32.2. The molecule has 0 radical (unpaired) electrons. The van der Waals surface area contributed by atoms with Crippen LogP contribution in [0.15, 0.2) is 38.2 Å². The minimum Gasteiger partial charge on any atom is -0.261 e. The molecular formula is C23H28FN3O3S3. The van der Waals surface area contributed by atoms with E-state index < -0.39 is 15.7 Å². The summed E-state index contributed by atoms with van der Waals surface area (Å²) < 4.78 is 43.8. The first-order valence-corrected chi connectivity index (χ1v) is 14.3. The van der Waals surface area contributed by atoms with Gasteiger partial charge in [0, 0.05) is 16.3 Å². The van der Waals surface area contributed by atoms with Gasteiger partial charge in [-0.25, -0.2) is 13.2 Å². The van der Waals surface area contributed by atoms with Gasteiger partial charge in [0.1, 0.15) is 5.69 Å². The van der Waals surface area contributed by atoms with Crippen LogP contribution in [0.25, 0.3) is 5.69 Å². The van der Waals surface area contributed by atoms with Crippen molar-refractivity contribution in [1.29, 1.82) is 0 Å². The molecule has 0 saturated heterocycles. The number of anilines is 1. The molecule has 4 rings (SSSR count). The van der Waals surface area contributed by atoms with Crippen molar-refractivity contribution in [2.45, 2.75) is 55.6 Å². The van der Waals surface area contributed by atoms with Crippen molar-refractivity contribution in [2.24, 2.45) is 11.8 Å². The highest BCUT2D eigenvalue weighted by Crippen LogP contribution is 2.41. The minimum absolute atomic E-state index is 0.0589. The SMILES string of the molecule is Cc1ccc(S(=O)(=O)Nc2nc(=O)n3c(C)c(C)sc(SCC4CCC(CF)CC4)c2-3)cc1. The van der Waals surface area contributed by atoms with E-state index >= 15 is 0 Å². The number of hydrogen-bond acceptors (Lipinski definition) is 6. The summed E-state index contributed by atoms with van der Waals surface area (Å²) in [5.74, 6) is 1.57. The maximum atomic E-state index is 13.0. The Morgan fingerprint density at radius 3 is 2.39 bits per heavy atom. The van der Waals surface area contributed by atoms with E-state index in [0.717, 1.165) is 51.8 Å². The molecule has 0 spiro atoms. The van der Waals surface area contributed by atoms with E-state index in [2.05, 4.69) is 9.71 Å². The molecule has 1 N–H and O–H groups in total. The molecule has 1 saturated carbocycles. The van der Waals surface area contributed by atoms with Crippen molar-refractivity contribution < 1.29 is 12.8 Å². The number of fused-ring (bicyclic) bond motifs is 1. The van der Waals surface area contributed by atoms with Crippen LogP contribution >= 0.6 is 23.1 Å². The Bertz CT molecular complexity index is 1260. The minimum atomic E-state index is -3.90. The lowest BCUT2D eigenvalue weighted by Crippen LogP contribution is -2.19. The van der Waals surface area contributed by atoms with Crippen LogP contribution in [0.2, 0.25) is 0 Å². The van der Waals surface area contributed by atoms with Gasteiger partial charge in [0.15, 0.2) is 5.82 Å². The average molecular weight is 510 g/mol. The molecule has 0 bridgehead atoms. The van der Waals surface area contributed by atoms with Gasteiger partial charge in [-0.3, -0.25) is 13.7 Å². The maximum Gasteiger partial charge on any atom is 0.354 e. The molecular weight excluding hydrogens is 481 g/mol. The van der Waals surface area contributed by atoms with E-state index in [1.807, 2.05) is 20.8 Å². The number of aromatic nitrogens is 2. The van der Waals surface area contributed by atoms with Crippen LogP contribution in [0, 0.1) is 32.6 Å². The van der Waals surface area contributed by atoms with Crippen LogP contribution in [0.4, 0.5) is 10.2 Å². The van der Waals surface area contributed by atoms with Gasteiger partial charge >= 0.3 is 5.69 Å². The lowest BCUT2D eigenvalue weighted by atomic mass is 9.84. The molecule has 6 nitrogen and oxygen atoms in total. The Kier molecular flexibility index (Phi) is 7.16. The van der Waals surface area contributed by atoms with Crippen LogP contribution < -0.4 is 10.4 Å². The van der Waals surface area contributed by atoms with Gasteiger partial charge in [0.2, 0.25) is 0 Å². The molecule has 2 heterocycles. The number of sulfonamides is 1.